The highest BCUT2D eigenvalue weighted by molar-refractivity contribution is 5.18. The molecule has 94 valence electrons. The molecule has 0 radical (unpaired) electrons. The fraction of sp³-hybridized carbons (Fsp3) is 0.600. The highest BCUT2D eigenvalue weighted by Crippen LogP contribution is 2.31. The van der Waals surface area contributed by atoms with Crippen LogP contribution in [0.25, 0.3) is 0 Å². The fourth-order valence-corrected chi connectivity index (χ4v) is 2.74. The second kappa shape index (κ2) is 5.61. The molecule has 0 spiro atoms. The van der Waals surface area contributed by atoms with Crippen LogP contribution in [0, 0.1) is 23.5 Å². The Morgan fingerprint density at radius 3 is 2.18 bits per heavy atom. The molecule has 0 heterocycles. The van der Waals surface area contributed by atoms with Crippen LogP contribution in [0.5, 0.6) is 0 Å². The van der Waals surface area contributed by atoms with Crippen LogP contribution in [0.4, 0.5) is 8.78 Å². The van der Waals surface area contributed by atoms with E-state index in [4.69, 9.17) is 0 Å². The normalized spacial score (nSPS) is 24.9. The number of hydrogen-bond acceptors (Lipinski definition) is 0. The van der Waals surface area contributed by atoms with Gasteiger partial charge < -0.3 is 0 Å². The van der Waals surface area contributed by atoms with E-state index in [9.17, 15) is 8.78 Å². The summed E-state index contributed by atoms with van der Waals surface area (Å²) in [7, 11) is 0. The smallest absolute Gasteiger partial charge is 0.126 e. The van der Waals surface area contributed by atoms with Crippen molar-refractivity contribution in [2.75, 3.05) is 0 Å². The highest BCUT2D eigenvalue weighted by Gasteiger charge is 2.17. The first-order valence-electron chi connectivity index (χ1n) is 6.58. The van der Waals surface area contributed by atoms with E-state index in [-0.39, 0.29) is 0 Å². The van der Waals surface area contributed by atoms with Crippen LogP contribution in [0.1, 0.15) is 44.6 Å². The number of benzene rings is 1. The van der Waals surface area contributed by atoms with Crippen LogP contribution < -0.4 is 0 Å². The minimum atomic E-state index is -0.461. The molecule has 0 saturated heterocycles. The van der Waals surface area contributed by atoms with Gasteiger partial charge in [-0.1, -0.05) is 32.6 Å². The summed E-state index contributed by atoms with van der Waals surface area (Å²) in [6.45, 7) is 2.30. The molecule has 0 aromatic heterocycles. The Balaban J connectivity index is 1.85. The van der Waals surface area contributed by atoms with Gasteiger partial charge in [0.2, 0.25) is 0 Å². The van der Waals surface area contributed by atoms with Crippen molar-refractivity contribution in [1.29, 1.82) is 0 Å². The molecule has 2 rings (SSSR count). The van der Waals surface area contributed by atoms with Gasteiger partial charge in [-0.15, -0.1) is 0 Å². The lowest BCUT2D eigenvalue weighted by Gasteiger charge is -2.26. The molecule has 0 bridgehead atoms. The maximum Gasteiger partial charge on any atom is 0.126 e. The molecule has 0 unspecified atom stereocenters. The predicted octanol–water partition coefficient (Wildman–Crippen LogP) is 4.72. The first-order chi connectivity index (χ1) is 8.13. The van der Waals surface area contributed by atoms with Gasteiger partial charge >= 0.3 is 0 Å². The fourth-order valence-electron chi connectivity index (χ4n) is 2.74. The van der Waals surface area contributed by atoms with Gasteiger partial charge in [0.1, 0.15) is 11.6 Å². The summed E-state index contributed by atoms with van der Waals surface area (Å²) in [6, 6.07) is 3.84. The van der Waals surface area contributed by atoms with Crippen LogP contribution in [0.2, 0.25) is 0 Å². The second-order valence-electron chi connectivity index (χ2n) is 5.44. The molecule has 2 heteroatoms. The summed E-state index contributed by atoms with van der Waals surface area (Å²) in [4.78, 5) is 0. The van der Waals surface area contributed by atoms with E-state index >= 15 is 0 Å². The molecular formula is C15H20F2. The molecule has 0 nitrogen and oxygen atoms in total. The Morgan fingerprint density at radius 2 is 1.59 bits per heavy atom. The molecule has 0 amide bonds. The van der Waals surface area contributed by atoms with Crippen LogP contribution in [-0.4, -0.2) is 0 Å². The minimum absolute atomic E-state index is 0.461. The van der Waals surface area contributed by atoms with Gasteiger partial charge in [-0.05, 0) is 42.4 Å². The number of halogens is 2. The minimum Gasteiger partial charge on any atom is -0.207 e. The molecular weight excluding hydrogens is 218 g/mol. The van der Waals surface area contributed by atoms with Gasteiger partial charge in [-0.2, -0.15) is 0 Å². The summed E-state index contributed by atoms with van der Waals surface area (Å²) in [5.41, 5.74) is 0.793. The Kier molecular flexibility index (Phi) is 4.14. The predicted molar refractivity (Wildman–Crippen MR) is 65.8 cm³/mol. The zero-order valence-corrected chi connectivity index (χ0v) is 10.4. The lowest BCUT2D eigenvalue weighted by molar-refractivity contribution is 0.277. The highest BCUT2D eigenvalue weighted by atomic mass is 19.1. The van der Waals surface area contributed by atoms with Gasteiger partial charge in [0.05, 0.1) is 0 Å². The van der Waals surface area contributed by atoms with E-state index in [1.54, 1.807) is 0 Å². The molecule has 0 aliphatic heterocycles. The van der Waals surface area contributed by atoms with Crippen LogP contribution in [0.15, 0.2) is 18.2 Å². The van der Waals surface area contributed by atoms with Gasteiger partial charge in [0.15, 0.2) is 0 Å². The lowest BCUT2D eigenvalue weighted by atomic mass is 9.80. The van der Waals surface area contributed by atoms with Crippen LogP contribution in [0.3, 0.4) is 0 Å². The van der Waals surface area contributed by atoms with Crippen LogP contribution >= 0.6 is 0 Å². The van der Waals surface area contributed by atoms with E-state index in [0.29, 0.717) is 0 Å². The van der Waals surface area contributed by atoms with E-state index in [2.05, 4.69) is 6.92 Å². The third-order valence-electron chi connectivity index (χ3n) is 3.90. The summed E-state index contributed by atoms with van der Waals surface area (Å²) in [6.07, 6.45) is 7.03. The Labute approximate surface area is 102 Å². The molecule has 0 atom stereocenters. The molecule has 1 aliphatic carbocycles. The first kappa shape index (κ1) is 12.5. The Hall–Kier alpha value is -0.920. The van der Waals surface area contributed by atoms with Crippen molar-refractivity contribution in [3.05, 3.63) is 35.4 Å². The molecule has 17 heavy (non-hydrogen) atoms. The second-order valence-corrected chi connectivity index (χ2v) is 5.44. The quantitative estimate of drug-likeness (QED) is 0.714. The Bertz CT molecular complexity index is 345. The lowest BCUT2D eigenvalue weighted by Crippen LogP contribution is -2.13. The van der Waals surface area contributed by atoms with Gasteiger partial charge in [-0.25, -0.2) is 8.78 Å². The van der Waals surface area contributed by atoms with Crippen molar-refractivity contribution in [2.45, 2.75) is 45.4 Å². The average molecular weight is 238 g/mol. The number of aryl methyl sites for hydroxylation is 1. The first-order valence-corrected chi connectivity index (χ1v) is 6.58. The van der Waals surface area contributed by atoms with E-state index in [0.717, 1.165) is 36.3 Å². The average Bonchev–Trinajstić information content (AvgIpc) is 2.27. The van der Waals surface area contributed by atoms with E-state index in [1.807, 2.05) is 0 Å². The third kappa shape index (κ3) is 3.79. The van der Waals surface area contributed by atoms with Crippen molar-refractivity contribution in [3.63, 3.8) is 0 Å². The van der Waals surface area contributed by atoms with Crippen molar-refractivity contribution < 1.29 is 8.78 Å². The maximum absolute atomic E-state index is 13.0. The summed E-state index contributed by atoms with van der Waals surface area (Å²) >= 11 is 0. The zero-order valence-electron chi connectivity index (χ0n) is 10.4. The van der Waals surface area contributed by atoms with E-state index < -0.39 is 11.6 Å². The molecule has 0 N–H and O–H groups in total. The third-order valence-corrected chi connectivity index (χ3v) is 3.90. The number of rotatable bonds is 3. The van der Waals surface area contributed by atoms with Gasteiger partial charge in [0.25, 0.3) is 0 Å². The molecule has 1 fully saturated rings. The van der Waals surface area contributed by atoms with Crippen LogP contribution in [-0.2, 0) is 6.42 Å². The summed E-state index contributed by atoms with van der Waals surface area (Å²) in [5.74, 6) is 0.685. The van der Waals surface area contributed by atoms with Crippen molar-refractivity contribution >= 4 is 0 Å². The molecule has 1 aliphatic rings. The molecule has 1 aromatic carbocycles. The summed E-state index contributed by atoms with van der Waals surface area (Å²) < 4.78 is 26.0. The van der Waals surface area contributed by atoms with Gasteiger partial charge in [0, 0.05) is 6.07 Å². The standard InChI is InChI=1S/C15H20F2/c1-11-2-4-12(5-3-11)6-7-13-8-14(16)10-15(17)9-13/h8-12H,2-7H2,1H3. The monoisotopic (exact) mass is 238 g/mol. The van der Waals surface area contributed by atoms with Gasteiger partial charge in [-0.3, -0.25) is 0 Å². The Morgan fingerprint density at radius 1 is 1.00 bits per heavy atom. The van der Waals surface area contributed by atoms with Crippen molar-refractivity contribution in [2.24, 2.45) is 11.8 Å². The van der Waals surface area contributed by atoms with Crippen molar-refractivity contribution in [1.82, 2.24) is 0 Å². The SMILES string of the molecule is CC1CCC(CCc2cc(F)cc(F)c2)CC1. The maximum atomic E-state index is 13.0. The number of hydrogen-bond donors (Lipinski definition) is 0. The molecule has 1 saturated carbocycles. The van der Waals surface area contributed by atoms with Crippen molar-refractivity contribution in [3.8, 4) is 0 Å². The largest absolute Gasteiger partial charge is 0.207 e. The summed E-state index contributed by atoms with van der Waals surface area (Å²) in [5, 5.41) is 0. The molecule has 1 aromatic rings. The van der Waals surface area contributed by atoms with E-state index in [1.165, 1.54) is 37.8 Å². The zero-order chi connectivity index (χ0) is 12.3. The topological polar surface area (TPSA) is 0 Å².